The first-order valence-electron chi connectivity index (χ1n) is 7.26. The zero-order valence-electron chi connectivity index (χ0n) is 13.1. The van der Waals surface area contributed by atoms with Crippen LogP contribution in [0.4, 0.5) is 0 Å². The molecule has 0 amide bonds. The molecule has 0 saturated carbocycles. The second-order valence-corrected chi connectivity index (χ2v) is 6.19. The summed E-state index contributed by atoms with van der Waals surface area (Å²) in [6.45, 7) is 0. The van der Waals surface area contributed by atoms with Crippen LogP contribution in [0.15, 0.2) is 35.4 Å². The fourth-order valence-electron chi connectivity index (χ4n) is 2.66. The fraction of sp³-hybridized carbons (Fsp3) is 0.235. The van der Waals surface area contributed by atoms with Crippen LogP contribution in [0.1, 0.15) is 23.6 Å². The van der Waals surface area contributed by atoms with Crippen LogP contribution in [0.2, 0.25) is 10.0 Å². The summed E-state index contributed by atoms with van der Waals surface area (Å²) in [5.74, 6) is 1.30. The Kier molecular flexibility index (Phi) is 4.73. The highest BCUT2D eigenvalue weighted by atomic mass is 35.5. The largest absolute Gasteiger partial charge is 0.506 e. The highest BCUT2D eigenvalue weighted by molar-refractivity contribution is 6.36. The number of methoxy groups -OCH3 is 2. The quantitative estimate of drug-likeness (QED) is 0.852. The number of benzene rings is 2. The number of phenolic OH excluding ortho intramolecular Hbond substituents is 1. The third-order valence-corrected chi connectivity index (χ3v) is 4.41. The SMILES string of the molecule is COc1ccc([C@H]2CC(c3cc(Cl)cc(Cl)c3O)=NN2)cc1OC. The van der Waals surface area contributed by atoms with Crippen LogP contribution >= 0.6 is 23.2 Å². The summed E-state index contributed by atoms with van der Waals surface area (Å²) in [4.78, 5) is 0. The van der Waals surface area contributed by atoms with Crippen LogP contribution in [0, 0.1) is 0 Å². The summed E-state index contributed by atoms with van der Waals surface area (Å²) in [7, 11) is 3.19. The molecule has 5 nitrogen and oxygen atoms in total. The maximum atomic E-state index is 10.2. The van der Waals surface area contributed by atoms with Crippen LogP contribution in [0.5, 0.6) is 17.2 Å². The second-order valence-electron chi connectivity index (χ2n) is 5.34. The Morgan fingerprint density at radius 2 is 1.88 bits per heavy atom. The van der Waals surface area contributed by atoms with Gasteiger partial charge in [0, 0.05) is 17.0 Å². The predicted octanol–water partition coefficient (Wildman–Crippen LogP) is 4.15. The van der Waals surface area contributed by atoms with Gasteiger partial charge in [0.05, 0.1) is 31.0 Å². The summed E-state index contributed by atoms with van der Waals surface area (Å²) in [6, 6.07) is 8.80. The lowest BCUT2D eigenvalue weighted by molar-refractivity contribution is 0.354. The lowest BCUT2D eigenvalue weighted by Crippen LogP contribution is -2.10. The van der Waals surface area contributed by atoms with Crippen molar-refractivity contribution in [1.29, 1.82) is 0 Å². The van der Waals surface area contributed by atoms with Gasteiger partial charge in [-0.1, -0.05) is 29.3 Å². The minimum absolute atomic E-state index is 0.0189. The van der Waals surface area contributed by atoms with Crippen molar-refractivity contribution in [1.82, 2.24) is 5.43 Å². The molecule has 2 aromatic carbocycles. The molecule has 0 fully saturated rings. The van der Waals surface area contributed by atoms with E-state index in [1.165, 1.54) is 6.07 Å². The molecule has 2 N–H and O–H groups in total. The Labute approximate surface area is 149 Å². The van der Waals surface area contributed by atoms with Gasteiger partial charge in [-0.2, -0.15) is 5.10 Å². The van der Waals surface area contributed by atoms with Gasteiger partial charge < -0.3 is 20.0 Å². The molecule has 0 aliphatic carbocycles. The van der Waals surface area contributed by atoms with Crippen molar-refractivity contribution in [2.45, 2.75) is 12.5 Å². The van der Waals surface area contributed by atoms with Gasteiger partial charge in [-0.05, 0) is 29.8 Å². The number of hydrogen-bond donors (Lipinski definition) is 2. The molecule has 0 bridgehead atoms. The fourth-order valence-corrected chi connectivity index (χ4v) is 3.15. The molecular weight excluding hydrogens is 351 g/mol. The van der Waals surface area contributed by atoms with Gasteiger partial charge >= 0.3 is 0 Å². The summed E-state index contributed by atoms with van der Waals surface area (Å²) in [5, 5.41) is 15.1. The third kappa shape index (κ3) is 3.09. The van der Waals surface area contributed by atoms with E-state index in [4.69, 9.17) is 32.7 Å². The number of rotatable bonds is 4. The van der Waals surface area contributed by atoms with Gasteiger partial charge in [-0.15, -0.1) is 0 Å². The first kappa shape index (κ1) is 16.7. The van der Waals surface area contributed by atoms with E-state index in [9.17, 15) is 5.11 Å². The highest BCUT2D eigenvalue weighted by Gasteiger charge is 2.25. The predicted molar refractivity (Wildman–Crippen MR) is 94.7 cm³/mol. The molecule has 0 radical (unpaired) electrons. The summed E-state index contributed by atoms with van der Waals surface area (Å²) < 4.78 is 10.6. The van der Waals surface area contributed by atoms with Crippen LogP contribution in [0.25, 0.3) is 0 Å². The average Bonchev–Trinajstić information content (AvgIpc) is 3.07. The molecule has 0 aromatic heterocycles. The van der Waals surface area contributed by atoms with E-state index in [0.29, 0.717) is 34.2 Å². The standard InChI is InChI=1S/C17H16Cl2N2O3/c1-23-15-4-3-9(5-16(15)24-2)13-8-14(21-20-13)11-6-10(18)7-12(19)17(11)22/h3-7,13,20,22H,8H2,1-2H3/t13-/m1/s1. The number of ether oxygens (including phenoxy) is 2. The van der Waals surface area contributed by atoms with Gasteiger partial charge in [-0.3, -0.25) is 0 Å². The van der Waals surface area contributed by atoms with Gasteiger partial charge in [0.25, 0.3) is 0 Å². The first-order chi connectivity index (χ1) is 11.5. The van der Waals surface area contributed by atoms with Crippen molar-refractivity contribution in [3.8, 4) is 17.2 Å². The third-order valence-electron chi connectivity index (χ3n) is 3.90. The van der Waals surface area contributed by atoms with Crippen molar-refractivity contribution in [3.05, 3.63) is 51.5 Å². The van der Waals surface area contributed by atoms with E-state index in [1.54, 1.807) is 20.3 Å². The maximum Gasteiger partial charge on any atom is 0.161 e. The zero-order chi connectivity index (χ0) is 17.3. The van der Waals surface area contributed by atoms with E-state index in [1.807, 2.05) is 18.2 Å². The van der Waals surface area contributed by atoms with E-state index in [2.05, 4.69) is 10.5 Å². The number of hydrazone groups is 1. The summed E-state index contributed by atoms with van der Waals surface area (Å²) in [5.41, 5.74) is 5.29. The Morgan fingerprint density at radius 1 is 1.12 bits per heavy atom. The van der Waals surface area contributed by atoms with Crippen LogP contribution < -0.4 is 14.9 Å². The van der Waals surface area contributed by atoms with Crippen molar-refractivity contribution < 1.29 is 14.6 Å². The van der Waals surface area contributed by atoms with Gasteiger partial charge in [0.2, 0.25) is 0 Å². The Hall–Kier alpha value is -2.11. The Balaban J connectivity index is 1.85. The van der Waals surface area contributed by atoms with E-state index in [0.717, 1.165) is 5.56 Å². The highest BCUT2D eigenvalue weighted by Crippen LogP contribution is 2.36. The average molecular weight is 367 g/mol. The molecule has 1 heterocycles. The molecule has 1 atom stereocenters. The smallest absolute Gasteiger partial charge is 0.161 e. The lowest BCUT2D eigenvalue weighted by atomic mass is 9.98. The molecule has 7 heteroatoms. The van der Waals surface area contributed by atoms with E-state index >= 15 is 0 Å². The molecule has 3 rings (SSSR count). The Bertz CT molecular complexity index is 809. The normalized spacial score (nSPS) is 16.5. The zero-order valence-corrected chi connectivity index (χ0v) is 14.6. The topological polar surface area (TPSA) is 63.1 Å². The van der Waals surface area contributed by atoms with Crippen molar-refractivity contribution in [3.63, 3.8) is 0 Å². The van der Waals surface area contributed by atoms with Gasteiger partial charge in [0.15, 0.2) is 11.5 Å². The minimum atomic E-state index is -0.0445. The van der Waals surface area contributed by atoms with Gasteiger partial charge in [0.1, 0.15) is 5.75 Å². The van der Waals surface area contributed by atoms with Crippen LogP contribution in [0.3, 0.4) is 0 Å². The van der Waals surface area contributed by atoms with Crippen molar-refractivity contribution >= 4 is 28.9 Å². The molecular formula is C17H16Cl2N2O3. The molecule has 0 spiro atoms. The second kappa shape index (κ2) is 6.79. The van der Waals surface area contributed by atoms with Crippen molar-refractivity contribution in [2.75, 3.05) is 14.2 Å². The van der Waals surface area contributed by atoms with Crippen LogP contribution in [-0.2, 0) is 0 Å². The molecule has 24 heavy (non-hydrogen) atoms. The number of hydrogen-bond acceptors (Lipinski definition) is 5. The monoisotopic (exact) mass is 366 g/mol. The van der Waals surface area contributed by atoms with Crippen LogP contribution in [-0.4, -0.2) is 25.0 Å². The molecule has 0 unspecified atom stereocenters. The number of halogens is 2. The number of aromatic hydroxyl groups is 1. The van der Waals surface area contributed by atoms with E-state index in [-0.39, 0.29) is 16.8 Å². The number of phenols is 1. The van der Waals surface area contributed by atoms with Crippen molar-refractivity contribution in [2.24, 2.45) is 5.10 Å². The summed E-state index contributed by atoms with van der Waals surface area (Å²) in [6.07, 6.45) is 0.583. The molecule has 1 aliphatic rings. The molecule has 2 aromatic rings. The molecule has 1 aliphatic heterocycles. The number of nitrogens with one attached hydrogen (secondary N) is 1. The lowest BCUT2D eigenvalue weighted by Gasteiger charge is -2.14. The first-order valence-corrected chi connectivity index (χ1v) is 8.01. The van der Waals surface area contributed by atoms with E-state index < -0.39 is 0 Å². The number of nitrogens with zero attached hydrogens (tertiary/aromatic N) is 1. The molecule has 126 valence electrons. The molecule has 0 saturated heterocycles. The summed E-state index contributed by atoms with van der Waals surface area (Å²) >= 11 is 12.0. The maximum absolute atomic E-state index is 10.2. The van der Waals surface area contributed by atoms with Gasteiger partial charge in [-0.25, -0.2) is 0 Å². The Morgan fingerprint density at radius 3 is 2.58 bits per heavy atom. The minimum Gasteiger partial charge on any atom is -0.506 e.